The zero-order valence-corrected chi connectivity index (χ0v) is 13.4. The minimum atomic E-state index is -0.174. The van der Waals surface area contributed by atoms with Crippen molar-refractivity contribution in [3.05, 3.63) is 28.9 Å². The highest BCUT2D eigenvalue weighted by molar-refractivity contribution is 7.15. The molecule has 0 bridgehead atoms. The number of amides is 1. The van der Waals surface area contributed by atoms with Crippen LogP contribution in [0.3, 0.4) is 0 Å². The molecule has 1 aliphatic heterocycles. The largest absolute Gasteiger partial charge is 0.356 e. The highest BCUT2D eigenvalue weighted by Crippen LogP contribution is 2.23. The van der Waals surface area contributed by atoms with Crippen LogP contribution in [0, 0.1) is 0 Å². The van der Waals surface area contributed by atoms with Gasteiger partial charge in [-0.3, -0.25) is 10.1 Å². The van der Waals surface area contributed by atoms with E-state index in [1.807, 2.05) is 13.0 Å². The molecule has 0 aromatic carbocycles. The zero-order valence-electron chi connectivity index (χ0n) is 12.6. The van der Waals surface area contributed by atoms with Gasteiger partial charge >= 0.3 is 0 Å². The van der Waals surface area contributed by atoms with Crippen molar-refractivity contribution in [1.82, 2.24) is 15.2 Å². The Bertz CT molecular complexity index is 651. The van der Waals surface area contributed by atoms with Crippen LogP contribution < -0.4 is 10.2 Å². The molecule has 7 heteroatoms. The number of piperidine rings is 1. The molecule has 1 saturated heterocycles. The second-order valence-corrected chi connectivity index (χ2v) is 6.29. The van der Waals surface area contributed by atoms with E-state index in [0.29, 0.717) is 10.7 Å². The highest BCUT2D eigenvalue weighted by Gasteiger charge is 2.20. The van der Waals surface area contributed by atoms with Gasteiger partial charge in [0.25, 0.3) is 5.91 Å². The second kappa shape index (κ2) is 6.83. The maximum absolute atomic E-state index is 12.5. The number of anilines is 2. The molecule has 0 atom stereocenters. The molecule has 6 nitrogen and oxygen atoms in total. The number of aryl methyl sites for hydroxylation is 1. The summed E-state index contributed by atoms with van der Waals surface area (Å²) in [5.74, 6) is 0.590. The maximum Gasteiger partial charge on any atom is 0.261 e. The topological polar surface area (TPSA) is 71.0 Å². The fourth-order valence-electron chi connectivity index (χ4n) is 2.54. The van der Waals surface area contributed by atoms with Gasteiger partial charge in [-0.25, -0.2) is 4.98 Å². The van der Waals surface area contributed by atoms with Crippen molar-refractivity contribution in [3.8, 4) is 0 Å². The monoisotopic (exact) mass is 317 g/mol. The third-order valence-corrected chi connectivity index (χ3v) is 4.66. The SMILES string of the molecule is CCc1nnc(NC(=O)c2cccnc2N2CCCCC2)s1. The minimum absolute atomic E-state index is 0.174. The van der Waals surface area contributed by atoms with Gasteiger partial charge in [-0.1, -0.05) is 18.3 Å². The number of nitrogens with zero attached hydrogens (tertiary/aromatic N) is 4. The van der Waals surface area contributed by atoms with Gasteiger partial charge < -0.3 is 4.90 Å². The molecule has 2 aromatic heterocycles. The van der Waals surface area contributed by atoms with Gasteiger partial charge in [0.15, 0.2) is 0 Å². The van der Waals surface area contributed by atoms with Crippen LogP contribution in [0.1, 0.15) is 41.6 Å². The Kier molecular flexibility index (Phi) is 4.62. The summed E-state index contributed by atoms with van der Waals surface area (Å²) in [6.45, 7) is 3.92. The molecule has 1 fully saturated rings. The van der Waals surface area contributed by atoms with E-state index in [0.717, 1.165) is 43.2 Å². The van der Waals surface area contributed by atoms with Gasteiger partial charge in [0, 0.05) is 19.3 Å². The van der Waals surface area contributed by atoms with Crippen LogP contribution >= 0.6 is 11.3 Å². The highest BCUT2D eigenvalue weighted by atomic mass is 32.1. The summed E-state index contributed by atoms with van der Waals surface area (Å²) in [4.78, 5) is 19.1. The number of hydrogen-bond acceptors (Lipinski definition) is 6. The van der Waals surface area contributed by atoms with Crippen LogP contribution in [-0.2, 0) is 6.42 Å². The molecule has 1 amide bonds. The van der Waals surface area contributed by atoms with Crippen molar-refractivity contribution in [2.24, 2.45) is 0 Å². The average Bonchev–Trinajstić information content (AvgIpc) is 3.03. The van der Waals surface area contributed by atoms with Gasteiger partial charge in [-0.05, 0) is 37.8 Å². The lowest BCUT2D eigenvalue weighted by Crippen LogP contribution is -2.32. The lowest BCUT2D eigenvalue weighted by atomic mass is 10.1. The Balaban J connectivity index is 1.79. The van der Waals surface area contributed by atoms with E-state index in [-0.39, 0.29) is 5.91 Å². The van der Waals surface area contributed by atoms with Crippen LogP contribution in [0.25, 0.3) is 0 Å². The average molecular weight is 317 g/mol. The summed E-state index contributed by atoms with van der Waals surface area (Å²) in [5, 5.41) is 12.3. The minimum Gasteiger partial charge on any atom is -0.356 e. The molecule has 2 aromatic rings. The van der Waals surface area contributed by atoms with Crippen LogP contribution in [0.2, 0.25) is 0 Å². The van der Waals surface area contributed by atoms with Crippen molar-refractivity contribution in [2.75, 3.05) is 23.3 Å². The maximum atomic E-state index is 12.5. The molecule has 0 radical (unpaired) electrons. The van der Waals surface area contributed by atoms with E-state index >= 15 is 0 Å². The Labute approximate surface area is 133 Å². The second-order valence-electron chi connectivity index (χ2n) is 5.23. The number of carbonyl (C=O) groups excluding carboxylic acids is 1. The van der Waals surface area contributed by atoms with E-state index < -0.39 is 0 Å². The third-order valence-electron chi connectivity index (χ3n) is 3.68. The van der Waals surface area contributed by atoms with Crippen molar-refractivity contribution in [1.29, 1.82) is 0 Å². The Morgan fingerprint density at radius 1 is 1.32 bits per heavy atom. The van der Waals surface area contributed by atoms with E-state index in [4.69, 9.17) is 0 Å². The first-order valence-electron chi connectivity index (χ1n) is 7.61. The first-order valence-corrected chi connectivity index (χ1v) is 8.43. The molecule has 22 heavy (non-hydrogen) atoms. The number of carbonyl (C=O) groups is 1. The van der Waals surface area contributed by atoms with E-state index in [1.165, 1.54) is 17.8 Å². The Hall–Kier alpha value is -2.02. The molecule has 0 unspecified atom stereocenters. The van der Waals surface area contributed by atoms with Crippen molar-refractivity contribution in [3.63, 3.8) is 0 Å². The molecule has 0 spiro atoms. The normalized spacial score (nSPS) is 14.9. The molecule has 1 N–H and O–H groups in total. The first kappa shape index (κ1) is 14.9. The third kappa shape index (κ3) is 3.24. The molecule has 116 valence electrons. The van der Waals surface area contributed by atoms with E-state index in [2.05, 4.69) is 25.4 Å². The zero-order chi connectivity index (χ0) is 15.4. The number of hydrogen-bond donors (Lipinski definition) is 1. The predicted octanol–water partition coefficient (Wildman–Crippen LogP) is 2.74. The van der Waals surface area contributed by atoms with Crippen LogP contribution in [0.15, 0.2) is 18.3 Å². The summed E-state index contributed by atoms with van der Waals surface area (Å²) in [7, 11) is 0. The van der Waals surface area contributed by atoms with Crippen molar-refractivity contribution >= 4 is 28.2 Å². The molecule has 3 rings (SSSR count). The Morgan fingerprint density at radius 3 is 2.86 bits per heavy atom. The number of nitrogens with one attached hydrogen (secondary N) is 1. The molecule has 0 aliphatic carbocycles. The van der Waals surface area contributed by atoms with Gasteiger partial charge in [-0.2, -0.15) is 0 Å². The number of rotatable bonds is 4. The van der Waals surface area contributed by atoms with Crippen molar-refractivity contribution < 1.29 is 4.79 Å². The summed E-state index contributed by atoms with van der Waals surface area (Å²) < 4.78 is 0. The van der Waals surface area contributed by atoms with E-state index in [1.54, 1.807) is 12.3 Å². The Morgan fingerprint density at radius 2 is 2.14 bits per heavy atom. The predicted molar refractivity (Wildman–Crippen MR) is 87.5 cm³/mol. The lowest BCUT2D eigenvalue weighted by Gasteiger charge is -2.28. The standard InChI is InChI=1S/C15H19N5OS/c1-2-12-18-19-15(22-12)17-14(21)11-7-6-8-16-13(11)20-9-4-3-5-10-20/h6-8H,2-5,9-10H2,1H3,(H,17,19,21). The molecular weight excluding hydrogens is 298 g/mol. The summed E-state index contributed by atoms with van der Waals surface area (Å²) in [5.41, 5.74) is 0.595. The lowest BCUT2D eigenvalue weighted by molar-refractivity contribution is 0.102. The van der Waals surface area contributed by atoms with Gasteiger partial charge in [0.1, 0.15) is 10.8 Å². The fourth-order valence-corrected chi connectivity index (χ4v) is 3.22. The van der Waals surface area contributed by atoms with Gasteiger partial charge in [0.05, 0.1) is 5.56 Å². The van der Waals surface area contributed by atoms with Crippen LogP contribution in [-0.4, -0.2) is 34.2 Å². The fraction of sp³-hybridized carbons (Fsp3) is 0.467. The van der Waals surface area contributed by atoms with Gasteiger partial charge in [-0.15, -0.1) is 10.2 Å². The molecule has 3 heterocycles. The molecule has 1 aliphatic rings. The van der Waals surface area contributed by atoms with Crippen molar-refractivity contribution in [2.45, 2.75) is 32.6 Å². The molecular formula is C15H19N5OS. The quantitative estimate of drug-likeness (QED) is 0.939. The molecule has 0 saturated carbocycles. The van der Waals surface area contributed by atoms with E-state index in [9.17, 15) is 4.79 Å². The number of pyridine rings is 1. The summed E-state index contributed by atoms with van der Waals surface area (Å²) >= 11 is 1.41. The summed E-state index contributed by atoms with van der Waals surface area (Å²) in [6, 6.07) is 3.61. The number of aromatic nitrogens is 3. The smallest absolute Gasteiger partial charge is 0.261 e. The van der Waals surface area contributed by atoms with Crippen LogP contribution in [0.4, 0.5) is 10.9 Å². The first-order chi connectivity index (χ1) is 10.8. The van der Waals surface area contributed by atoms with Crippen LogP contribution in [0.5, 0.6) is 0 Å². The summed E-state index contributed by atoms with van der Waals surface area (Å²) in [6.07, 6.45) is 6.09. The van der Waals surface area contributed by atoms with Gasteiger partial charge in [0.2, 0.25) is 5.13 Å².